The molecule has 36 heavy (non-hydrogen) atoms. The third-order valence-corrected chi connectivity index (χ3v) is 5.16. The third-order valence-electron chi connectivity index (χ3n) is 5.16. The van der Waals surface area contributed by atoms with Crippen LogP contribution in [0.2, 0.25) is 0 Å². The Morgan fingerprint density at radius 2 is 1.36 bits per heavy atom. The molecule has 0 aliphatic carbocycles. The molecule has 0 saturated carbocycles. The first-order valence-corrected chi connectivity index (χ1v) is 10.5. The minimum Gasteiger partial charge on any atom is -0.490 e. The van der Waals surface area contributed by atoms with E-state index in [1.165, 1.54) is 38.5 Å². The lowest BCUT2D eigenvalue weighted by atomic mass is 10.1. The van der Waals surface area contributed by atoms with Crippen LogP contribution in [0, 0.1) is 20.2 Å². The number of esters is 1. The van der Waals surface area contributed by atoms with Gasteiger partial charge in [-0.2, -0.15) is 0 Å². The van der Waals surface area contributed by atoms with Gasteiger partial charge in [0.15, 0.2) is 17.2 Å². The molecule has 3 aromatic rings. The third kappa shape index (κ3) is 5.55. The molecule has 3 aromatic carbocycles. The summed E-state index contributed by atoms with van der Waals surface area (Å²) in [5, 5.41) is 24.8. The summed E-state index contributed by atoms with van der Waals surface area (Å²) in [4.78, 5) is 46.6. The molecule has 0 radical (unpaired) electrons. The van der Waals surface area contributed by atoms with Crippen molar-refractivity contribution in [1.82, 2.24) is 0 Å². The largest absolute Gasteiger partial charge is 0.490 e. The average molecular weight is 495 g/mol. The van der Waals surface area contributed by atoms with Gasteiger partial charge in [0.1, 0.15) is 0 Å². The van der Waals surface area contributed by atoms with Gasteiger partial charge >= 0.3 is 17.3 Å². The van der Waals surface area contributed by atoms with E-state index in [0.717, 1.165) is 17.7 Å². The maximum atomic E-state index is 12.9. The number of aryl methyl sites for hydroxylation is 1. The van der Waals surface area contributed by atoms with Gasteiger partial charge in [-0.15, -0.1) is 0 Å². The van der Waals surface area contributed by atoms with Crippen molar-refractivity contribution in [2.75, 3.05) is 19.5 Å². The van der Waals surface area contributed by atoms with Crippen molar-refractivity contribution in [2.45, 2.75) is 13.3 Å². The Labute approximate surface area is 204 Å². The van der Waals surface area contributed by atoms with Crippen molar-refractivity contribution >= 4 is 28.9 Å². The molecule has 0 saturated heterocycles. The van der Waals surface area contributed by atoms with E-state index >= 15 is 0 Å². The number of hydrogen-bond acceptors (Lipinski definition) is 9. The summed E-state index contributed by atoms with van der Waals surface area (Å²) in [6, 6.07) is 12.1. The van der Waals surface area contributed by atoms with Crippen molar-refractivity contribution in [3.8, 4) is 17.2 Å². The monoisotopic (exact) mass is 495 g/mol. The van der Waals surface area contributed by atoms with Gasteiger partial charge < -0.3 is 19.5 Å². The molecule has 0 heterocycles. The molecule has 0 spiro atoms. The predicted molar refractivity (Wildman–Crippen MR) is 128 cm³/mol. The number of carbonyl (C=O) groups excluding carboxylic acids is 2. The highest BCUT2D eigenvalue weighted by molar-refractivity contribution is 6.06. The van der Waals surface area contributed by atoms with E-state index in [0.29, 0.717) is 6.42 Å². The molecule has 0 unspecified atom stereocenters. The highest BCUT2D eigenvalue weighted by atomic mass is 16.6. The van der Waals surface area contributed by atoms with Gasteiger partial charge in [-0.1, -0.05) is 13.0 Å². The quantitative estimate of drug-likeness (QED) is 0.194. The van der Waals surface area contributed by atoms with Crippen LogP contribution in [-0.4, -0.2) is 35.9 Å². The summed E-state index contributed by atoms with van der Waals surface area (Å²) in [6.07, 6.45) is 0.615. The number of hydrogen-bond donors (Lipinski definition) is 1. The molecular weight excluding hydrogens is 474 g/mol. The van der Waals surface area contributed by atoms with Crippen molar-refractivity contribution < 1.29 is 33.6 Å². The van der Waals surface area contributed by atoms with Gasteiger partial charge in [0, 0.05) is 29.8 Å². The molecule has 0 bridgehead atoms. The molecule has 1 amide bonds. The number of benzene rings is 3. The van der Waals surface area contributed by atoms with E-state index in [1.54, 1.807) is 18.2 Å². The summed E-state index contributed by atoms with van der Waals surface area (Å²) in [5.74, 6) is -1.62. The normalized spacial score (nSPS) is 10.3. The number of anilines is 1. The Hall–Kier alpha value is -5.00. The Bertz CT molecular complexity index is 1350. The first-order valence-electron chi connectivity index (χ1n) is 10.5. The fraction of sp³-hybridized carbons (Fsp3) is 0.167. The molecule has 12 heteroatoms. The molecule has 0 aliphatic heterocycles. The molecule has 0 aromatic heterocycles. The first-order chi connectivity index (χ1) is 17.2. The molecule has 3 rings (SSSR count). The van der Waals surface area contributed by atoms with E-state index < -0.39 is 21.7 Å². The highest BCUT2D eigenvalue weighted by Gasteiger charge is 2.21. The maximum absolute atomic E-state index is 12.9. The molecule has 1 N–H and O–H groups in total. The van der Waals surface area contributed by atoms with Gasteiger partial charge in [-0.25, -0.2) is 4.79 Å². The van der Waals surface area contributed by atoms with Crippen LogP contribution in [0.5, 0.6) is 17.2 Å². The van der Waals surface area contributed by atoms with Gasteiger partial charge in [0.25, 0.3) is 5.91 Å². The minimum atomic E-state index is -0.830. The molecular formula is C24H21N3O9. The molecule has 0 aliphatic rings. The van der Waals surface area contributed by atoms with Crippen molar-refractivity contribution in [1.29, 1.82) is 0 Å². The number of nitro groups is 2. The standard InChI is InChI=1S/C24H21N3O9/c1-4-14-5-8-17(25-23(28)15-6-9-18(26(30)31)21(12-15)34-2)20(11-14)36-24(29)16-7-10-19(27(32)33)22(13-16)35-3/h5-13H,4H2,1-3H3,(H,25,28). The number of carbonyl (C=O) groups is 2. The zero-order chi connectivity index (χ0) is 26.4. The summed E-state index contributed by atoms with van der Waals surface area (Å²) in [7, 11) is 2.49. The van der Waals surface area contributed by atoms with E-state index in [-0.39, 0.29) is 45.4 Å². The lowest BCUT2D eigenvalue weighted by Gasteiger charge is -2.14. The van der Waals surface area contributed by atoms with Crippen LogP contribution >= 0.6 is 0 Å². The van der Waals surface area contributed by atoms with Gasteiger partial charge in [0.05, 0.1) is 35.3 Å². The minimum absolute atomic E-state index is 0.00302. The van der Waals surface area contributed by atoms with Crippen LogP contribution < -0.4 is 19.5 Å². The smallest absolute Gasteiger partial charge is 0.343 e. The summed E-state index contributed by atoms with van der Waals surface area (Å²) in [5.41, 5.74) is 0.444. The number of amides is 1. The number of ether oxygens (including phenoxy) is 3. The second-order valence-electron chi connectivity index (χ2n) is 7.32. The number of rotatable bonds is 9. The molecule has 12 nitrogen and oxygen atoms in total. The van der Waals surface area contributed by atoms with E-state index in [2.05, 4.69) is 5.32 Å². The number of nitro benzene ring substituents is 2. The molecule has 0 fully saturated rings. The fourth-order valence-electron chi connectivity index (χ4n) is 3.25. The Morgan fingerprint density at radius 1 is 0.806 bits per heavy atom. The van der Waals surface area contributed by atoms with Gasteiger partial charge in [-0.05, 0) is 36.2 Å². The Balaban J connectivity index is 1.90. The lowest BCUT2D eigenvalue weighted by Crippen LogP contribution is -2.15. The number of nitrogens with one attached hydrogen (secondary N) is 1. The summed E-state index contributed by atoms with van der Waals surface area (Å²) in [6.45, 7) is 1.89. The van der Waals surface area contributed by atoms with Crippen LogP contribution in [0.15, 0.2) is 54.6 Å². The first kappa shape index (κ1) is 25.6. The Morgan fingerprint density at radius 3 is 1.89 bits per heavy atom. The van der Waals surface area contributed by atoms with Crippen LogP contribution in [0.3, 0.4) is 0 Å². The van der Waals surface area contributed by atoms with Gasteiger partial charge in [0.2, 0.25) is 0 Å². The van der Waals surface area contributed by atoms with Crippen LogP contribution in [0.1, 0.15) is 33.2 Å². The second-order valence-corrected chi connectivity index (χ2v) is 7.32. The fourth-order valence-corrected chi connectivity index (χ4v) is 3.25. The summed E-state index contributed by atoms with van der Waals surface area (Å²) < 4.78 is 15.5. The lowest BCUT2D eigenvalue weighted by molar-refractivity contribution is -0.385. The van der Waals surface area contributed by atoms with E-state index in [4.69, 9.17) is 14.2 Å². The maximum Gasteiger partial charge on any atom is 0.343 e. The molecule has 0 atom stereocenters. The topological polar surface area (TPSA) is 160 Å². The van der Waals surface area contributed by atoms with Crippen molar-refractivity contribution in [3.63, 3.8) is 0 Å². The Kier molecular flexibility index (Phi) is 7.79. The number of methoxy groups -OCH3 is 2. The van der Waals surface area contributed by atoms with Crippen LogP contribution in [-0.2, 0) is 6.42 Å². The van der Waals surface area contributed by atoms with Crippen LogP contribution in [0.4, 0.5) is 17.1 Å². The number of nitrogens with zero attached hydrogens (tertiary/aromatic N) is 2. The second kappa shape index (κ2) is 11.0. The highest BCUT2D eigenvalue weighted by Crippen LogP contribution is 2.32. The SMILES string of the molecule is CCc1ccc(NC(=O)c2ccc([N+](=O)[O-])c(OC)c2)c(OC(=O)c2ccc([N+](=O)[O-])c(OC)c2)c1. The zero-order valence-corrected chi connectivity index (χ0v) is 19.5. The van der Waals surface area contributed by atoms with Crippen molar-refractivity contribution in [3.05, 3.63) is 91.5 Å². The van der Waals surface area contributed by atoms with E-state index in [9.17, 15) is 29.8 Å². The predicted octanol–water partition coefficient (Wildman–Crippen LogP) is 4.55. The molecule has 186 valence electrons. The van der Waals surface area contributed by atoms with Crippen molar-refractivity contribution in [2.24, 2.45) is 0 Å². The summed E-state index contributed by atoms with van der Waals surface area (Å²) >= 11 is 0. The van der Waals surface area contributed by atoms with E-state index in [1.807, 2.05) is 6.92 Å². The zero-order valence-electron chi connectivity index (χ0n) is 19.5. The van der Waals surface area contributed by atoms with Crippen LogP contribution in [0.25, 0.3) is 0 Å². The van der Waals surface area contributed by atoms with Gasteiger partial charge in [-0.3, -0.25) is 25.0 Å². The average Bonchev–Trinajstić information content (AvgIpc) is 2.88.